The van der Waals surface area contributed by atoms with Crippen LogP contribution >= 0.6 is 0 Å². The minimum Gasteiger partial charge on any atom is -0.311 e. The molecule has 32 heavy (non-hydrogen) atoms. The Hall–Kier alpha value is -3.15. The molecule has 0 unspecified atom stereocenters. The van der Waals surface area contributed by atoms with Gasteiger partial charge in [0.2, 0.25) is 5.91 Å². The Morgan fingerprint density at radius 2 is 1.94 bits per heavy atom. The van der Waals surface area contributed by atoms with Gasteiger partial charge in [0.05, 0.1) is 17.8 Å². The third-order valence-electron chi connectivity index (χ3n) is 5.05. The summed E-state index contributed by atoms with van der Waals surface area (Å²) in [5, 5.41) is 7.60. The van der Waals surface area contributed by atoms with Gasteiger partial charge in [-0.25, -0.2) is 14.6 Å². The van der Waals surface area contributed by atoms with Crippen molar-refractivity contribution < 1.29 is 26.7 Å². The predicted octanol–water partition coefficient (Wildman–Crippen LogP) is 3.85. The van der Waals surface area contributed by atoms with Crippen LogP contribution < -0.4 is 5.32 Å². The fourth-order valence-electron chi connectivity index (χ4n) is 3.67. The van der Waals surface area contributed by atoms with Crippen molar-refractivity contribution in [2.24, 2.45) is 0 Å². The summed E-state index contributed by atoms with van der Waals surface area (Å²) in [5.74, 6) is -3.47. The molecule has 3 aromatic heterocycles. The Bertz CT molecular complexity index is 1160. The number of amides is 1. The molecule has 0 radical (unpaired) electrons. The zero-order chi connectivity index (χ0) is 23.3. The van der Waals surface area contributed by atoms with Crippen molar-refractivity contribution in [3.63, 3.8) is 0 Å². The maximum Gasteiger partial charge on any atom is 0.401 e. The van der Waals surface area contributed by atoms with Crippen LogP contribution in [0, 0.1) is 0 Å². The summed E-state index contributed by atoms with van der Waals surface area (Å²) < 4.78 is 66.9. The van der Waals surface area contributed by atoms with Gasteiger partial charge in [0, 0.05) is 50.5 Å². The second-order valence-corrected chi connectivity index (χ2v) is 7.84. The van der Waals surface area contributed by atoms with E-state index in [-0.39, 0.29) is 36.6 Å². The van der Waals surface area contributed by atoms with Crippen LogP contribution in [-0.4, -0.2) is 56.4 Å². The van der Waals surface area contributed by atoms with Gasteiger partial charge >= 0.3 is 6.18 Å². The molecule has 0 spiro atoms. The average Bonchev–Trinajstić information content (AvgIpc) is 3.01. The molecule has 1 aliphatic rings. The summed E-state index contributed by atoms with van der Waals surface area (Å²) in [4.78, 5) is 20.9. The minimum absolute atomic E-state index is 0.117. The van der Waals surface area contributed by atoms with Crippen LogP contribution in [0.25, 0.3) is 16.7 Å². The highest BCUT2D eigenvalue weighted by Gasteiger charge is 2.39. The number of carbonyl (C=O) groups excluding carboxylic acids is 1. The quantitative estimate of drug-likeness (QED) is 0.593. The summed E-state index contributed by atoms with van der Waals surface area (Å²) in [6.45, 7) is 1.34. The van der Waals surface area contributed by atoms with E-state index in [1.807, 2.05) is 0 Å². The van der Waals surface area contributed by atoms with Crippen LogP contribution in [-0.2, 0) is 10.7 Å². The number of fused-ring (bicyclic) bond motifs is 1. The second kappa shape index (κ2) is 7.76. The largest absolute Gasteiger partial charge is 0.401 e. The Morgan fingerprint density at radius 3 is 2.56 bits per heavy atom. The first-order valence-electron chi connectivity index (χ1n) is 9.72. The number of hydrogen-bond donors (Lipinski definition) is 1. The Kier molecular flexibility index (Phi) is 5.35. The van der Waals surface area contributed by atoms with E-state index < -0.39 is 24.3 Å². The number of rotatable bonds is 5. The van der Waals surface area contributed by atoms with Crippen LogP contribution in [0.2, 0.25) is 0 Å². The second-order valence-electron chi connectivity index (χ2n) is 7.84. The first kappa shape index (κ1) is 22.1. The molecule has 12 heteroatoms. The summed E-state index contributed by atoms with van der Waals surface area (Å²) in [6.07, 6.45) is -2.83. The van der Waals surface area contributed by atoms with Gasteiger partial charge in [-0.15, -0.1) is 0 Å². The maximum absolute atomic E-state index is 13.8. The number of alkyl halides is 5. The number of aromatic nitrogens is 4. The number of nitrogens with zero attached hydrogens (tertiary/aromatic N) is 5. The molecule has 1 fully saturated rings. The van der Waals surface area contributed by atoms with E-state index in [4.69, 9.17) is 0 Å². The third-order valence-corrected chi connectivity index (χ3v) is 5.05. The van der Waals surface area contributed by atoms with Gasteiger partial charge in [-0.1, -0.05) is 6.07 Å². The smallest absolute Gasteiger partial charge is 0.311 e. The number of hydrogen-bond acceptors (Lipinski definition) is 5. The fourth-order valence-corrected chi connectivity index (χ4v) is 3.67. The molecule has 0 aromatic carbocycles. The van der Waals surface area contributed by atoms with Crippen molar-refractivity contribution in [1.29, 1.82) is 0 Å². The molecule has 1 amide bonds. The highest BCUT2D eigenvalue weighted by atomic mass is 19.4. The number of nitrogens with one attached hydrogen (secondary N) is 1. The van der Waals surface area contributed by atoms with E-state index in [2.05, 4.69) is 20.4 Å². The zero-order valence-corrected chi connectivity index (χ0v) is 17.1. The highest BCUT2D eigenvalue weighted by Crippen LogP contribution is 2.35. The lowest BCUT2D eigenvalue weighted by molar-refractivity contribution is -0.155. The lowest BCUT2D eigenvalue weighted by Crippen LogP contribution is -2.49. The minimum atomic E-state index is -4.29. The highest BCUT2D eigenvalue weighted by molar-refractivity contribution is 5.91. The molecule has 1 aliphatic heterocycles. The van der Waals surface area contributed by atoms with Crippen molar-refractivity contribution in [1.82, 2.24) is 24.6 Å². The first-order chi connectivity index (χ1) is 14.9. The SMILES string of the molecule is CC(=O)Nc1cc2c(cn1)c(C1CN(CC(F)(F)F)C1)nn2-c1cccc(C(C)(F)F)n1. The van der Waals surface area contributed by atoms with Crippen molar-refractivity contribution in [3.8, 4) is 5.82 Å². The Labute approximate surface area is 179 Å². The van der Waals surface area contributed by atoms with Crippen LogP contribution in [0.1, 0.15) is 31.2 Å². The van der Waals surface area contributed by atoms with E-state index in [0.29, 0.717) is 16.6 Å². The van der Waals surface area contributed by atoms with E-state index in [9.17, 15) is 26.7 Å². The van der Waals surface area contributed by atoms with Crippen molar-refractivity contribution >= 4 is 22.6 Å². The van der Waals surface area contributed by atoms with Crippen LogP contribution in [0.15, 0.2) is 30.5 Å². The van der Waals surface area contributed by atoms with Gasteiger partial charge in [-0.3, -0.25) is 9.69 Å². The molecule has 1 saturated heterocycles. The fraction of sp³-hybridized carbons (Fsp3) is 0.400. The van der Waals surface area contributed by atoms with Gasteiger partial charge in [0.1, 0.15) is 11.5 Å². The number of anilines is 1. The molecule has 170 valence electrons. The molecule has 4 rings (SSSR count). The van der Waals surface area contributed by atoms with Crippen molar-refractivity contribution in [3.05, 3.63) is 41.9 Å². The Morgan fingerprint density at radius 1 is 1.22 bits per heavy atom. The number of carbonyl (C=O) groups is 1. The maximum atomic E-state index is 13.8. The molecule has 0 atom stereocenters. The van der Waals surface area contributed by atoms with Crippen LogP contribution in [0.5, 0.6) is 0 Å². The molecular formula is C20H19F5N6O. The summed E-state index contributed by atoms with van der Waals surface area (Å²) in [6, 6.07) is 5.65. The molecule has 4 heterocycles. The molecule has 1 N–H and O–H groups in total. The van der Waals surface area contributed by atoms with E-state index in [1.165, 1.54) is 47.0 Å². The molecule has 3 aromatic rings. The summed E-state index contributed by atoms with van der Waals surface area (Å²) >= 11 is 0. The topological polar surface area (TPSA) is 75.9 Å². The molecule has 7 nitrogen and oxygen atoms in total. The lowest BCUT2D eigenvalue weighted by Gasteiger charge is -2.38. The monoisotopic (exact) mass is 454 g/mol. The van der Waals surface area contributed by atoms with E-state index in [1.54, 1.807) is 0 Å². The predicted molar refractivity (Wildman–Crippen MR) is 106 cm³/mol. The average molecular weight is 454 g/mol. The van der Waals surface area contributed by atoms with Gasteiger partial charge in [0.15, 0.2) is 5.82 Å². The van der Waals surface area contributed by atoms with Crippen molar-refractivity contribution in [2.75, 3.05) is 25.0 Å². The van der Waals surface area contributed by atoms with Gasteiger partial charge in [-0.2, -0.15) is 27.1 Å². The molecule has 0 saturated carbocycles. The van der Waals surface area contributed by atoms with Crippen LogP contribution in [0.3, 0.4) is 0 Å². The standard InChI is InChI=1S/C20H19F5N6O/c1-11(32)27-16-6-14-13(7-26-16)18(12-8-30(9-12)10-20(23,24)25)29-31(14)17-5-3-4-15(28-17)19(2,21)22/h3-7,12H,8-10H2,1-2H3,(H,26,27,32). The summed E-state index contributed by atoms with van der Waals surface area (Å²) in [5.41, 5.74) is 0.490. The van der Waals surface area contributed by atoms with Crippen molar-refractivity contribution in [2.45, 2.75) is 31.9 Å². The zero-order valence-electron chi connectivity index (χ0n) is 17.1. The van der Waals surface area contributed by atoms with Gasteiger partial charge in [0.25, 0.3) is 5.92 Å². The number of pyridine rings is 2. The normalized spacial score (nSPS) is 15.7. The summed E-state index contributed by atoms with van der Waals surface area (Å²) in [7, 11) is 0. The van der Waals surface area contributed by atoms with Gasteiger partial charge in [-0.05, 0) is 12.1 Å². The molecule has 0 aliphatic carbocycles. The van der Waals surface area contributed by atoms with Gasteiger partial charge < -0.3 is 5.32 Å². The molecular weight excluding hydrogens is 435 g/mol. The number of likely N-dealkylation sites (tertiary alicyclic amines) is 1. The Balaban J connectivity index is 1.76. The van der Waals surface area contributed by atoms with Crippen LogP contribution in [0.4, 0.5) is 27.8 Å². The lowest BCUT2D eigenvalue weighted by atomic mass is 9.94. The molecule has 0 bridgehead atoms. The number of halogens is 5. The third kappa shape index (κ3) is 4.54. The van der Waals surface area contributed by atoms with E-state index in [0.717, 1.165) is 6.92 Å². The first-order valence-corrected chi connectivity index (χ1v) is 9.72. The van der Waals surface area contributed by atoms with E-state index >= 15 is 0 Å².